The van der Waals surface area contributed by atoms with Gasteiger partial charge in [-0.05, 0) is 18.1 Å². The Morgan fingerprint density at radius 1 is 1.38 bits per heavy atom. The molecule has 0 spiro atoms. The van der Waals surface area contributed by atoms with Gasteiger partial charge >= 0.3 is 0 Å². The minimum atomic E-state index is -0.153. The van der Waals surface area contributed by atoms with E-state index in [2.05, 4.69) is 34.4 Å². The Bertz CT molecular complexity index is 734. The number of aromatic nitrogens is 2. The van der Waals surface area contributed by atoms with Crippen LogP contribution in [0.5, 0.6) is 0 Å². The predicted octanol–water partition coefficient (Wildman–Crippen LogP) is 2.39. The second-order valence-electron chi connectivity index (χ2n) is 5.73. The predicted molar refractivity (Wildman–Crippen MR) is 81.9 cm³/mol. The molecule has 5 nitrogen and oxygen atoms in total. The van der Waals surface area contributed by atoms with E-state index in [0.717, 1.165) is 42.1 Å². The number of carbonyl (C=O) groups excluding carboxylic acids is 1. The van der Waals surface area contributed by atoms with E-state index >= 15 is 0 Å². The quantitative estimate of drug-likeness (QED) is 0.920. The van der Waals surface area contributed by atoms with E-state index in [1.165, 1.54) is 5.56 Å². The lowest BCUT2D eigenvalue weighted by Crippen LogP contribution is -2.44. The van der Waals surface area contributed by atoms with Crippen LogP contribution < -0.4 is 10.2 Å². The summed E-state index contributed by atoms with van der Waals surface area (Å²) in [6, 6.07) is 8.09. The van der Waals surface area contributed by atoms with E-state index in [1.54, 1.807) is 0 Å². The van der Waals surface area contributed by atoms with Crippen LogP contribution in [-0.2, 0) is 24.7 Å². The number of aryl methyl sites for hydroxylation is 2. The maximum Gasteiger partial charge on any atom is 0.248 e. The molecule has 1 aromatic heterocycles. The van der Waals surface area contributed by atoms with Gasteiger partial charge in [0.1, 0.15) is 11.7 Å². The number of hydrogen-bond donors (Lipinski definition) is 1. The molecule has 108 valence electrons. The SMILES string of the molecule is CCCc1nn(C)c2c1NC(=O)C1Cc3ccccc3N21. The van der Waals surface area contributed by atoms with Crippen molar-refractivity contribution in [1.29, 1.82) is 0 Å². The Labute approximate surface area is 123 Å². The summed E-state index contributed by atoms with van der Waals surface area (Å²) in [4.78, 5) is 14.6. The zero-order valence-corrected chi connectivity index (χ0v) is 12.3. The number of nitrogens with one attached hydrogen (secondary N) is 1. The minimum Gasteiger partial charge on any atom is -0.320 e. The molecular formula is C16H18N4O. The van der Waals surface area contributed by atoms with Gasteiger partial charge in [0, 0.05) is 19.2 Å². The fraction of sp³-hybridized carbons (Fsp3) is 0.375. The maximum absolute atomic E-state index is 12.5. The van der Waals surface area contributed by atoms with Crippen LogP contribution in [0.2, 0.25) is 0 Å². The molecule has 1 amide bonds. The van der Waals surface area contributed by atoms with Gasteiger partial charge in [-0.25, -0.2) is 0 Å². The second kappa shape index (κ2) is 4.35. The molecule has 5 heteroatoms. The van der Waals surface area contributed by atoms with Gasteiger partial charge < -0.3 is 10.2 Å². The summed E-state index contributed by atoms with van der Waals surface area (Å²) in [5.41, 5.74) is 4.22. The Hall–Kier alpha value is -2.30. The van der Waals surface area contributed by atoms with Crippen LogP contribution in [0.4, 0.5) is 17.2 Å². The van der Waals surface area contributed by atoms with Crippen LogP contribution >= 0.6 is 0 Å². The van der Waals surface area contributed by atoms with Crippen molar-refractivity contribution < 1.29 is 4.79 Å². The van der Waals surface area contributed by atoms with Crippen molar-refractivity contribution in [3.63, 3.8) is 0 Å². The molecule has 4 rings (SSSR count). The van der Waals surface area contributed by atoms with Gasteiger partial charge in [-0.2, -0.15) is 5.10 Å². The number of benzene rings is 1. The zero-order chi connectivity index (χ0) is 14.6. The Balaban J connectivity index is 1.92. The van der Waals surface area contributed by atoms with Crippen molar-refractivity contribution in [2.75, 3.05) is 10.2 Å². The number of nitrogens with zero attached hydrogens (tertiary/aromatic N) is 3. The highest BCUT2D eigenvalue weighted by Crippen LogP contribution is 2.45. The van der Waals surface area contributed by atoms with Gasteiger partial charge in [-0.3, -0.25) is 9.48 Å². The van der Waals surface area contributed by atoms with Gasteiger partial charge in [-0.15, -0.1) is 0 Å². The molecule has 0 bridgehead atoms. The summed E-state index contributed by atoms with van der Waals surface area (Å²) in [6.45, 7) is 2.12. The number of anilines is 3. The van der Waals surface area contributed by atoms with Crippen molar-refractivity contribution in [2.45, 2.75) is 32.2 Å². The summed E-state index contributed by atoms with van der Waals surface area (Å²) in [5.74, 6) is 1.08. The highest BCUT2D eigenvalue weighted by atomic mass is 16.2. The number of hydrogen-bond acceptors (Lipinski definition) is 3. The summed E-state index contributed by atoms with van der Waals surface area (Å²) < 4.78 is 1.90. The van der Waals surface area contributed by atoms with Gasteiger partial charge in [-0.1, -0.05) is 31.5 Å². The van der Waals surface area contributed by atoms with E-state index in [1.807, 2.05) is 23.9 Å². The molecule has 0 aliphatic carbocycles. The fourth-order valence-corrected chi connectivity index (χ4v) is 3.45. The molecule has 21 heavy (non-hydrogen) atoms. The summed E-state index contributed by atoms with van der Waals surface area (Å²) in [6.07, 6.45) is 2.65. The molecule has 0 saturated heterocycles. The third-order valence-electron chi connectivity index (χ3n) is 4.33. The van der Waals surface area contributed by atoms with E-state index in [0.29, 0.717) is 0 Å². The largest absolute Gasteiger partial charge is 0.320 e. The average Bonchev–Trinajstić information content (AvgIpc) is 2.99. The monoisotopic (exact) mass is 282 g/mol. The third kappa shape index (κ3) is 1.63. The van der Waals surface area contributed by atoms with E-state index in [-0.39, 0.29) is 11.9 Å². The molecule has 1 N–H and O–H groups in total. The first kappa shape index (κ1) is 12.4. The van der Waals surface area contributed by atoms with Crippen molar-refractivity contribution in [2.24, 2.45) is 7.05 Å². The van der Waals surface area contributed by atoms with Gasteiger partial charge in [0.25, 0.3) is 0 Å². The van der Waals surface area contributed by atoms with Gasteiger partial charge in [0.2, 0.25) is 5.91 Å². The molecule has 0 fully saturated rings. The maximum atomic E-state index is 12.5. The Morgan fingerprint density at radius 3 is 3.00 bits per heavy atom. The van der Waals surface area contributed by atoms with Crippen LogP contribution in [0, 0.1) is 0 Å². The first-order valence-corrected chi connectivity index (χ1v) is 7.44. The summed E-state index contributed by atoms with van der Waals surface area (Å²) >= 11 is 0. The van der Waals surface area contributed by atoms with Gasteiger partial charge in [0.15, 0.2) is 5.82 Å². The molecular weight excluding hydrogens is 264 g/mol. The topological polar surface area (TPSA) is 50.2 Å². The fourth-order valence-electron chi connectivity index (χ4n) is 3.45. The van der Waals surface area contributed by atoms with E-state index in [9.17, 15) is 4.79 Å². The van der Waals surface area contributed by atoms with Crippen LogP contribution in [0.1, 0.15) is 24.6 Å². The van der Waals surface area contributed by atoms with E-state index < -0.39 is 0 Å². The first-order chi connectivity index (χ1) is 10.2. The standard InChI is InChI=1S/C16H18N4O/c1-3-6-11-14-16(19(2)18-11)20-12-8-5-4-7-10(12)9-13(20)15(21)17-14/h4-5,7-8,13H,3,6,9H2,1-2H3,(H,17,21). The number of para-hydroxylation sites is 1. The molecule has 1 aromatic carbocycles. The second-order valence-corrected chi connectivity index (χ2v) is 5.73. The lowest BCUT2D eigenvalue weighted by molar-refractivity contribution is -0.117. The summed E-state index contributed by atoms with van der Waals surface area (Å²) in [7, 11) is 1.95. The highest BCUT2D eigenvalue weighted by molar-refractivity contribution is 6.07. The van der Waals surface area contributed by atoms with Crippen LogP contribution in [-0.4, -0.2) is 21.7 Å². The molecule has 1 atom stereocenters. The van der Waals surface area contributed by atoms with Crippen LogP contribution in [0.15, 0.2) is 24.3 Å². The van der Waals surface area contributed by atoms with Crippen LogP contribution in [0.25, 0.3) is 0 Å². The molecule has 2 aliphatic heterocycles. The molecule has 1 unspecified atom stereocenters. The first-order valence-electron chi connectivity index (χ1n) is 7.44. The number of rotatable bonds is 2. The van der Waals surface area contributed by atoms with Crippen molar-refractivity contribution in [3.8, 4) is 0 Å². The number of fused-ring (bicyclic) bond motifs is 5. The Morgan fingerprint density at radius 2 is 2.19 bits per heavy atom. The zero-order valence-electron chi connectivity index (χ0n) is 12.3. The van der Waals surface area contributed by atoms with Crippen molar-refractivity contribution >= 4 is 23.1 Å². The minimum absolute atomic E-state index is 0.0732. The Kier molecular flexibility index (Phi) is 2.58. The van der Waals surface area contributed by atoms with Crippen molar-refractivity contribution in [1.82, 2.24) is 9.78 Å². The average molecular weight is 282 g/mol. The highest BCUT2D eigenvalue weighted by Gasteiger charge is 2.42. The molecule has 2 aromatic rings. The third-order valence-corrected chi connectivity index (χ3v) is 4.33. The summed E-state index contributed by atoms with van der Waals surface area (Å²) in [5, 5.41) is 7.69. The normalized spacial score (nSPS) is 19.0. The lowest BCUT2D eigenvalue weighted by Gasteiger charge is -2.32. The van der Waals surface area contributed by atoms with Crippen molar-refractivity contribution in [3.05, 3.63) is 35.5 Å². The molecule has 2 aliphatic rings. The van der Waals surface area contributed by atoms with E-state index in [4.69, 9.17) is 0 Å². The van der Waals surface area contributed by atoms with Gasteiger partial charge in [0.05, 0.1) is 5.69 Å². The molecule has 0 saturated carbocycles. The molecule has 3 heterocycles. The van der Waals surface area contributed by atoms with Crippen LogP contribution in [0.3, 0.4) is 0 Å². The lowest BCUT2D eigenvalue weighted by atomic mass is 10.1. The number of carbonyl (C=O) groups is 1. The number of amides is 1. The molecule has 0 radical (unpaired) electrons. The smallest absolute Gasteiger partial charge is 0.248 e.